The van der Waals surface area contributed by atoms with Crippen molar-refractivity contribution in [2.75, 3.05) is 5.32 Å². The number of fused-ring (bicyclic) bond motifs is 2. The van der Waals surface area contributed by atoms with E-state index in [1.165, 1.54) is 6.42 Å². The van der Waals surface area contributed by atoms with Crippen LogP contribution in [0.1, 0.15) is 37.8 Å². The summed E-state index contributed by atoms with van der Waals surface area (Å²) in [5.41, 5.74) is 1.61. The Hall–Kier alpha value is -1.38. The quantitative estimate of drug-likeness (QED) is 0.701. The fraction of sp³-hybridized carbons (Fsp3) is 0.500. The summed E-state index contributed by atoms with van der Waals surface area (Å²) in [6.45, 7) is 0. The highest BCUT2D eigenvalue weighted by Crippen LogP contribution is 2.45. The molecule has 1 aromatic heterocycles. The van der Waals surface area contributed by atoms with Crippen molar-refractivity contribution in [1.82, 2.24) is 4.98 Å². The Bertz CT molecular complexity index is 408. The van der Waals surface area contributed by atoms with E-state index < -0.39 is 0 Å². The van der Waals surface area contributed by atoms with Gasteiger partial charge in [0.2, 0.25) is 5.91 Å². The number of anilines is 1. The highest BCUT2D eigenvalue weighted by atomic mass is 16.2. The van der Waals surface area contributed by atoms with Gasteiger partial charge >= 0.3 is 0 Å². The van der Waals surface area contributed by atoms with Crippen molar-refractivity contribution in [3.05, 3.63) is 24.0 Å². The number of nitrogens with zero attached hydrogens (tertiary/aromatic N) is 1. The lowest BCUT2D eigenvalue weighted by atomic mass is 9.72. The molecule has 0 radical (unpaired) electrons. The molecule has 1 saturated carbocycles. The number of pyridine rings is 1. The number of rotatable bonds is 0. The maximum atomic E-state index is 12.1. The minimum Gasteiger partial charge on any atom is -0.324 e. The Balaban J connectivity index is 2.11. The molecule has 1 aliphatic heterocycles. The molecule has 2 aliphatic rings. The average molecular weight is 202 g/mol. The molecule has 0 aromatic carbocycles. The molecular formula is C12H14N2O. The fourth-order valence-electron chi connectivity index (χ4n) is 2.86. The summed E-state index contributed by atoms with van der Waals surface area (Å²) in [4.78, 5) is 16.5. The van der Waals surface area contributed by atoms with Crippen molar-refractivity contribution >= 4 is 11.6 Å². The normalized spacial score (nSPS) is 22.5. The van der Waals surface area contributed by atoms with Gasteiger partial charge in [-0.3, -0.25) is 9.78 Å². The van der Waals surface area contributed by atoms with Crippen molar-refractivity contribution in [2.24, 2.45) is 0 Å². The second-order valence-electron chi connectivity index (χ2n) is 4.50. The predicted molar refractivity (Wildman–Crippen MR) is 57.6 cm³/mol. The molecule has 2 heterocycles. The Morgan fingerprint density at radius 1 is 1.27 bits per heavy atom. The van der Waals surface area contributed by atoms with E-state index in [-0.39, 0.29) is 11.3 Å². The first-order valence-corrected chi connectivity index (χ1v) is 5.60. The third-order valence-corrected chi connectivity index (χ3v) is 3.65. The summed E-state index contributed by atoms with van der Waals surface area (Å²) >= 11 is 0. The summed E-state index contributed by atoms with van der Waals surface area (Å²) in [5.74, 6) is 0.163. The van der Waals surface area contributed by atoms with Gasteiger partial charge in [-0.1, -0.05) is 19.3 Å². The minimum absolute atomic E-state index is 0.163. The maximum Gasteiger partial charge on any atom is 0.236 e. The van der Waals surface area contributed by atoms with E-state index in [4.69, 9.17) is 0 Å². The molecule has 0 unspecified atom stereocenters. The highest BCUT2D eigenvalue weighted by molar-refractivity contribution is 6.05. The van der Waals surface area contributed by atoms with Gasteiger partial charge in [0.05, 0.1) is 16.8 Å². The number of nitrogens with one attached hydrogen (secondary N) is 1. The van der Waals surface area contributed by atoms with Gasteiger partial charge < -0.3 is 5.32 Å². The molecule has 15 heavy (non-hydrogen) atoms. The van der Waals surface area contributed by atoms with Gasteiger partial charge in [0.15, 0.2) is 0 Å². The van der Waals surface area contributed by atoms with Crippen LogP contribution in [0, 0.1) is 0 Å². The zero-order valence-corrected chi connectivity index (χ0v) is 8.62. The third kappa shape index (κ3) is 1.12. The van der Waals surface area contributed by atoms with Crippen LogP contribution >= 0.6 is 0 Å². The second-order valence-corrected chi connectivity index (χ2v) is 4.50. The lowest BCUT2D eigenvalue weighted by Crippen LogP contribution is -2.36. The predicted octanol–water partition coefficient (Wildman–Crippen LogP) is 2.24. The van der Waals surface area contributed by atoms with Gasteiger partial charge in [0, 0.05) is 6.20 Å². The molecule has 3 rings (SSSR count). The Morgan fingerprint density at radius 3 is 2.87 bits per heavy atom. The van der Waals surface area contributed by atoms with Gasteiger partial charge in [0.1, 0.15) is 0 Å². The molecule has 1 aromatic rings. The van der Waals surface area contributed by atoms with E-state index in [1.54, 1.807) is 6.20 Å². The van der Waals surface area contributed by atoms with E-state index >= 15 is 0 Å². The van der Waals surface area contributed by atoms with Crippen molar-refractivity contribution in [3.63, 3.8) is 0 Å². The molecule has 78 valence electrons. The summed E-state index contributed by atoms with van der Waals surface area (Å²) in [6.07, 6.45) is 7.24. The molecule has 1 N–H and O–H groups in total. The lowest BCUT2D eigenvalue weighted by molar-refractivity contribution is -0.122. The molecule has 3 heteroatoms. The molecular weight excluding hydrogens is 188 g/mol. The number of carbonyl (C=O) groups is 1. The largest absolute Gasteiger partial charge is 0.324 e. The summed E-state index contributed by atoms with van der Waals surface area (Å²) in [6, 6.07) is 3.82. The van der Waals surface area contributed by atoms with Crippen LogP contribution in [-0.2, 0) is 10.2 Å². The fourth-order valence-corrected chi connectivity index (χ4v) is 2.86. The third-order valence-electron chi connectivity index (χ3n) is 3.65. The van der Waals surface area contributed by atoms with Crippen molar-refractivity contribution in [2.45, 2.75) is 37.5 Å². The van der Waals surface area contributed by atoms with E-state index in [2.05, 4.69) is 10.3 Å². The van der Waals surface area contributed by atoms with Crippen LogP contribution in [0.2, 0.25) is 0 Å². The van der Waals surface area contributed by atoms with Crippen LogP contribution in [0.25, 0.3) is 0 Å². The zero-order chi connectivity index (χ0) is 10.3. The number of aromatic nitrogens is 1. The topological polar surface area (TPSA) is 42.0 Å². The van der Waals surface area contributed by atoms with Crippen molar-refractivity contribution in [1.29, 1.82) is 0 Å². The summed E-state index contributed by atoms with van der Waals surface area (Å²) in [5, 5.41) is 2.96. The maximum absolute atomic E-state index is 12.1. The molecule has 1 aliphatic carbocycles. The van der Waals surface area contributed by atoms with E-state index in [0.29, 0.717) is 0 Å². The van der Waals surface area contributed by atoms with Gasteiger partial charge in [-0.2, -0.15) is 0 Å². The van der Waals surface area contributed by atoms with Gasteiger partial charge in [0.25, 0.3) is 0 Å². The molecule has 3 nitrogen and oxygen atoms in total. The van der Waals surface area contributed by atoms with Crippen LogP contribution in [0.4, 0.5) is 5.69 Å². The number of carbonyl (C=O) groups excluding carboxylic acids is 1. The van der Waals surface area contributed by atoms with Gasteiger partial charge in [-0.15, -0.1) is 0 Å². The standard InChI is InChI=1S/C12H14N2O/c15-11-12(6-2-1-3-7-12)10-9(14-11)5-4-8-13-10/h4-5,8H,1-3,6-7H2,(H,14,15). The monoisotopic (exact) mass is 202 g/mol. The van der Waals surface area contributed by atoms with Crippen molar-refractivity contribution < 1.29 is 4.79 Å². The van der Waals surface area contributed by atoms with E-state index in [1.807, 2.05) is 12.1 Å². The smallest absolute Gasteiger partial charge is 0.236 e. The number of hydrogen-bond donors (Lipinski definition) is 1. The molecule has 0 bridgehead atoms. The lowest BCUT2D eigenvalue weighted by Gasteiger charge is -2.30. The van der Waals surface area contributed by atoms with Gasteiger partial charge in [-0.05, 0) is 25.0 Å². The molecule has 1 fully saturated rings. The molecule has 1 spiro atoms. The number of hydrogen-bond acceptors (Lipinski definition) is 2. The van der Waals surface area contributed by atoms with Crippen LogP contribution in [-0.4, -0.2) is 10.9 Å². The molecule has 0 saturated heterocycles. The first kappa shape index (κ1) is 8.89. The molecule has 1 amide bonds. The number of amides is 1. The first-order valence-electron chi connectivity index (χ1n) is 5.60. The van der Waals surface area contributed by atoms with Gasteiger partial charge in [-0.25, -0.2) is 0 Å². The highest BCUT2D eigenvalue weighted by Gasteiger charge is 2.48. The average Bonchev–Trinajstić information content (AvgIpc) is 2.55. The summed E-state index contributed by atoms with van der Waals surface area (Å²) in [7, 11) is 0. The van der Waals surface area contributed by atoms with E-state index in [0.717, 1.165) is 37.1 Å². The van der Waals surface area contributed by atoms with Crippen LogP contribution < -0.4 is 5.32 Å². The molecule has 0 atom stereocenters. The van der Waals surface area contributed by atoms with Crippen molar-refractivity contribution in [3.8, 4) is 0 Å². The first-order chi connectivity index (χ1) is 7.33. The van der Waals surface area contributed by atoms with Crippen LogP contribution in [0.15, 0.2) is 18.3 Å². The van der Waals surface area contributed by atoms with Crippen LogP contribution in [0.3, 0.4) is 0 Å². The van der Waals surface area contributed by atoms with E-state index in [9.17, 15) is 4.79 Å². The second kappa shape index (κ2) is 3.05. The zero-order valence-electron chi connectivity index (χ0n) is 8.62. The Labute approximate surface area is 88.9 Å². The Morgan fingerprint density at radius 2 is 2.07 bits per heavy atom. The SMILES string of the molecule is O=C1Nc2cccnc2C12CCCCC2. The Kier molecular flexibility index (Phi) is 1.81. The van der Waals surface area contributed by atoms with Crippen LogP contribution in [0.5, 0.6) is 0 Å². The summed E-state index contributed by atoms with van der Waals surface area (Å²) < 4.78 is 0. The minimum atomic E-state index is -0.297.